The van der Waals surface area contributed by atoms with E-state index in [1.807, 2.05) is 24.3 Å². The van der Waals surface area contributed by atoms with Crippen molar-refractivity contribution in [3.8, 4) is 5.75 Å². The number of amides is 1. The SMILES string of the molecule is NC1=[N+](NC(=O)COc2cccc(F)c2)Cc2ccccc21. The zero-order valence-corrected chi connectivity index (χ0v) is 11.8. The number of nitrogens with zero attached hydrogens (tertiary/aromatic N) is 1. The molecule has 0 fully saturated rings. The topological polar surface area (TPSA) is 67.4 Å². The van der Waals surface area contributed by atoms with Crippen LogP contribution >= 0.6 is 0 Å². The average molecular weight is 300 g/mol. The van der Waals surface area contributed by atoms with Gasteiger partial charge in [0, 0.05) is 11.6 Å². The highest BCUT2D eigenvalue weighted by Gasteiger charge is 2.25. The molecule has 2 aromatic carbocycles. The maximum atomic E-state index is 13.0. The summed E-state index contributed by atoms with van der Waals surface area (Å²) in [6.45, 7) is 0.289. The predicted molar refractivity (Wildman–Crippen MR) is 78.7 cm³/mol. The summed E-state index contributed by atoms with van der Waals surface area (Å²) in [6, 6.07) is 13.3. The molecule has 0 aliphatic carbocycles. The molecule has 5 nitrogen and oxygen atoms in total. The fourth-order valence-corrected chi connectivity index (χ4v) is 2.30. The van der Waals surface area contributed by atoms with Crippen LogP contribution in [0.4, 0.5) is 4.39 Å². The Labute approximate surface area is 126 Å². The summed E-state index contributed by atoms with van der Waals surface area (Å²) in [7, 11) is 0. The molecule has 2 aromatic rings. The smallest absolute Gasteiger partial charge is 0.299 e. The first-order chi connectivity index (χ1) is 10.6. The van der Waals surface area contributed by atoms with Crippen molar-refractivity contribution in [1.82, 2.24) is 5.43 Å². The molecule has 112 valence electrons. The first-order valence-electron chi connectivity index (χ1n) is 6.79. The molecular formula is C16H15FN3O2+. The van der Waals surface area contributed by atoms with Crippen LogP contribution in [0.2, 0.25) is 0 Å². The zero-order chi connectivity index (χ0) is 15.5. The van der Waals surface area contributed by atoms with Crippen LogP contribution in [0.5, 0.6) is 5.75 Å². The number of hydrazone groups is 1. The first-order valence-corrected chi connectivity index (χ1v) is 6.79. The van der Waals surface area contributed by atoms with Gasteiger partial charge in [-0.3, -0.25) is 10.5 Å². The summed E-state index contributed by atoms with van der Waals surface area (Å²) in [4.78, 5) is 11.9. The van der Waals surface area contributed by atoms with Gasteiger partial charge in [-0.15, -0.1) is 0 Å². The Morgan fingerprint density at radius 3 is 2.86 bits per heavy atom. The van der Waals surface area contributed by atoms with E-state index in [9.17, 15) is 9.18 Å². The lowest BCUT2D eigenvalue weighted by atomic mass is 10.1. The number of hydrogen-bond acceptors (Lipinski definition) is 3. The third kappa shape index (κ3) is 2.90. The number of carbonyl (C=O) groups excluding carboxylic acids is 1. The van der Waals surface area contributed by atoms with Gasteiger partial charge in [0.05, 0.1) is 5.56 Å². The second-order valence-electron chi connectivity index (χ2n) is 4.91. The summed E-state index contributed by atoms with van der Waals surface area (Å²) in [5.41, 5.74) is 10.6. The number of hydrazine groups is 1. The van der Waals surface area contributed by atoms with Crippen LogP contribution in [0.25, 0.3) is 0 Å². The van der Waals surface area contributed by atoms with E-state index in [4.69, 9.17) is 10.5 Å². The van der Waals surface area contributed by atoms with Gasteiger partial charge in [-0.25, -0.2) is 4.39 Å². The minimum absolute atomic E-state index is 0.219. The van der Waals surface area contributed by atoms with Gasteiger partial charge in [-0.2, -0.15) is 10.1 Å². The Morgan fingerprint density at radius 1 is 1.27 bits per heavy atom. The second-order valence-corrected chi connectivity index (χ2v) is 4.91. The van der Waals surface area contributed by atoms with E-state index in [0.717, 1.165) is 11.1 Å². The van der Waals surface area contributed by atoms with Crippen LogP contribution in [0, 0.1) is 5.82 Å². The van der Waals surface area contributed by atoms with Crippen molar-refractivity contribution in [3.05, 3.63) is 65.5 Å². The number of rotatable bonds is 4. The summed E-state index contributed by atoms with van der Waals surface area (Å²) >= 11 is 0. The number of nitrogens with one attached hydrogen (secondary N) is 1. The van der Waals surface area contributed by atoms with E-state index in [1.54, 1.807) is 10.8 Å². The molecule has 0 radical (unpaired) electrons. The van der Waals surface area contributed by atoms with E-state index in [0.29, 0.717) is 18.1 Å². The molecular weight excluding hydrogens is 285 g/mol. The van der Waals surface area contributed by atoms with Crippen LogP contribution in [-0.2, 0) is 11.3 Å². The van der Waals surface area contributed by atoms with Crippen LogP contribution in [0.3, 0.4) is 0 Å². The molecule has 0 saturated carbocycles. The molecule has 1 aliphatic rings. The fraction of sp³-hybridized carbons (Fsp3) is 0.125. The number of ether oxygens (including phenoxy) is 1. The largest absolute Gasteiger partial charge is 0.484 e. The minimum Gasteiger partial charge on any atom is -0.484 e. The first kappa shape index (κ1) is 14.1. The summed E-state index contributed by atoms with van der Waals surface area (Å²) in [5.74, 6) is 0.0250. The number of halogens is 1. The van der Waals surface area contributed by atoms with Crippen LogP contribution in [-0.4, -0.2) is 23.0 Å². The Morgan fingerprint density at radius 2 is 2.09 bits per heavy atom. The monoisotopic (exact) mass is 300 g/mol. The predicted octanol–water partition coefficient (Wildman–Crippen LogP) is 1.17. The normalized spacial score (nSPS) is 13.0. The van der Waals surface area contributed by atoms with Crippen LogP contribution < -0.4 is 15.9 Å². The molecule has 0 spiro atoms. The third-order valence-electron chi connectivity index (χ3n) is 3.34. The van der Waals surface area contributed by atoms with Gasteiger partial charge in [0.25, 0.3) is 11.7 Å². The summed E-state index contributed by atoms with van der Waals surface area (Å²) in [5, 5.41) is 0. The summed E-state index contributed by atoms with van der Waals surface area (Å²) in [6.07, 6.45) is 0. The highest BCUT2D eigenvalue weighted by molar-refractivity contribution is 5.96. The highest BCUT2D eigenvalue weighted by Crippen LogP contribution is 2.15. The van der Waals surface area contributed by atoms with Crippen molar-refractivity contribution >= 4 is 11.7 Å². The molecule has 3 N–H and O–H groups in total. The van der Waals surface area contributed by atoms with E-state index < -0.39 is 5.82 Å². The molecule has 1 heterocycles. The Bertz CT molecular complexity index is 759. The molecule has 0 aromatic heterocycles. The molecule has 0 bridgehead atoms. The van der Waals surface area contributed by atoms with Gasteiger partial charge in [0.15, 0.2) is 6.61 Å². The van der Waals surface area contributed by atoms with E-state index >= 15 is 0 Å². The lowest BCUT2D eigenvalue weighted by Crippen LogP contribution is -2.40. The molecule has 0 saturated heterocycles. The van der Waals surface area contributed by atoms with Crippen molar-refractivity contribution in [1.29, 1.82) is 0 Å². The minimum atomic E-state index is -0.412. The fourth-order valence-electron chi connectivity index (χ4n) is 2.30. The number of amidine groups is 1. The van der Waals surface area contributed by atoms with Crippen LogP contribution in [0.15, 0.2) is 48.5 Å². The van der Waals surface area contributed by atoms with E-state index in [1.165, 1.54) is 18.2 Å². The Kier molecular flexibility index (Phi) is 3.74. The quantitative estimate of drug-likeness (QED) is 0.833. The van der Waals surface area contributed by atoms with E-state index in [2.05, 4.69) is 5.43 Å². The lowest BCUT2D eigenvalue weighted by molar-refractivity contribution is -0.586. The number of hydrogen-bond donors (Lipinski definition) is 2. The molecule has 22 heavy (non-hydrogen) atoms. The number of fused-ring (bicyclic) bond motifs is 1. The molecule has 0 atom stereocenters. The van der Waals surface area contributed by atoms with Crippen molar-refractivity contribution in [2.24, 2.45) is 5.73 Å². The van der Waals surface area contributed by atoms with Crippen molar-refractivity contribution < 1.29 is 18.6 Å². The number of carbonyl (C=O) groups is 1. The Hall–Kier alpha value is -2.89. The van der Waals surface area contributed by atoms with Gasteiger partial charge >= 0.3 is 0 Å². The number of nitrogens with two attached hydrogens (primary N) is 1. The summed E-state index contributed by atoms with van der Waals surface area (Å²) < 4.78 is 19.8. The standard InChI is InChI=1S/C16H14FN3O2/c17-12-5-3-6-13(8-12)22-10-15(21)19-20-9-11-4-1-2-7-14(11)16(20)18/h1-8,18H,9-10H2,(H,19,21)/p+1. The lowest BCUT2D eigenvalue weighted by Gasteiger charge is -2.07. The van der Waals surface area contributed by atoms with Crippen LogP contribution in [0.1, 0.15) is 11.1 Å². The molecule has 0 unspecified atom stereocenters. The van der Waals surface area contributed by atoms with Crippen molar-refractivity contribution in [2.45, 2.75) is 6.54 Å². The molecule has 1 amide bonds. The van der Waals surface area contributed by atoms with E-state index in [-0.39, 0.29) is 12.5 Å². The zero-order valence-electron chi connectivity index (χ0n) is 11.8. The molecule has 3 rings (SSSR count). The van der Waals surface area contributed by atoms with Gasteiger partial charge in [-0.05, 0) is 18.2 Å². The maximum Gasteiger partial charge on any atom is 0.299 e. The maximum absolute atomic E-state index is 13.0. The van der Waals surface area contributed by atoms with Gasteiger partial charge in [-0.1, -0.05) is 24.3 Å². The molecule has 6 heteroatoms. The van der Waals surface area contributed by atoms with Crippen molar-refractivity contribution in [2.75, 3.05) is 6.61 Å². The third-order valence-corrected chi connectivity index (χ3v) is 3.34. The Balaban J connectivity index is 1.60. The molecule has 1 aliphatic heterocycles. The van der Waals surface area contributed by atoms with Crippen molar-refractivity contribution in [3.63, 3.8) is 0 Å². The van der Waals surface area contributed by atoms with Gasteiger partial charge in [0.2, 0.25) is 0 Å². The highest BCUT2D eigenvalue weighted by atomic mass is 19.1. The number of benzene rings is 2. The van der Waals surface area contributed by atoms with Gasteiger partial charge < -0.3 is 4.74 Å². The average Bonchev–Trinajstić information content (AvgIpc) is 2.82. The second kappa shape index (κ2) is 5.85. The van der Waals surface area contributed by atoms with Gasteiger partial charge in [0.1, 0.15) is 18.1 Å².